The fourth-order valence-corrected chi connectivity index (χ4v) is 5.19. The number of thiocarbonyl (C=S) groups is 1. The Bertz CT molecular complexity index is 1390. The number of hydrogen-bond acceptors (Lipinski definition) is 4. The van der Waals surface area contributed by atoms with Crippen molar-refractivity contribution in [2.75, 3.05) is 0 Å². The lowest BCUT2D eigenvalue weighted by Crippen LogP contribution is -2.29. The van der Waals surface area contributed by atoms with E-state index in [0.717, 1.165) is 28.3 Å². The van der Waals surface area contributed by atoms with E-state index in [0.29, 0.717) is 17.3 Å². The predicted molar refractivity (Wildman–Crippen MR) is 137 cm³/mol. The van der Waals surface area contributed by atoms with E-state index in [1.165, 1.54) is 0 Å². The van der Waals surface area contributed by atoms with Gasteiger partial charge in [0.05, 0.1) is 41.3 Å². The summed E-state index contributed by atoms with van der Waals surface area (Å²) in [5.41, 5.74) is 5.66. The van der Waals surface area contributed by atoms with Crippen LogP contribution in [0.2, 0.25) is 0 Å². The van der Waals surface area contributed by atoms with Crippen molar-refractivity contribution in [2.24, 2.45) is 0 Å². The standard InChI is InChI=1S/C27H25N5O2S/c1-17-15-21(18(2)32(17)23-12-4-3-10-20(23)26(33)34)25-24(22-11-6-8-14-29-22)30-27(35)31(25)16-19-9-5-7-13-28-19/h3-15,24-25H,16H2,1-2H3,(H,30,35)(H,33,34)/t24-,25-/m1/s1. The van der Waals surface area contributed by atoms with E-state index in [1.54, 1.807) is 24.5 Å². The molecule has 0 amide bonds. The average molecular weight is 484 g/mol. The Kier molecular flexibility index (Phi) is 6.05. The van der Waals surface area contributed by atoms with E-state index in [-0.39, 0.29) is 17.6 Å². The smallest absolute Gasteiger partial charge is 0.337 e. The van der Waals surface area contributed by atoms with Crippen LogP contribution in [0.15, 0.2) is 79.1 Å². The minimum atomic E-state index is -0.957. The second-order valence-corrected chi connectivity index (χ2v) is 8.95. The molecule has 8 heteroatoms. The zero-order valence-electron chi connectivity index (χ0n) is 19.4. The van der Waals surface area contributed by atoms with Crippen LogP contribution in [0.1, 0.15) is 50.8 Å². The Morgan fingerprint density at radius 3 is 2.43 bits per heavy atom. The summed E-state index contributed by atoms with van der Waals surface area (Å²) in [6.45, 7) is 4.56. The maximum absolute atomic E-state index is 12.0. The zero-order valence-corrected chi connectivity index (χ0v) is 20.2. The molecule has 0 unspecified atom stereocenters. The van der Waals surface area contributed by atoms with Gasteiger partial charge < -0.3 is 19.9 Å². The quantitative estimate of drug-likeness (QED) is 0.383. The number of aromatic nitrogens is 3. The third-order valence-electron chi connectivity index (χ3n) is 6.42. The molecule has 1 fully saturated rings. The predicted octanol–water partition coefficient (Wildman–Crippen LogP) is 4.76. The lowest BCUT2D eigenvalue weighted by molar-refractivity contribution is 0.0697. The molecule has 1 aliphatic rings. The van der Waals surface area contributed by atoms with Gasteiger partial charge in [-0.2, -0.15) is 0 Å². The summed E-state index contributed by atoms with van der Waals surface area (Å²) in [6, 6.07) is 20.6. The van der Waals surface area contributed by atoms with Gasteiger partial charge in [-0.1, -0.05) is 24.3 Å². The minimum absolute atomic E-state index is 0.156. The van der Waals surface area contributed by atoms with Gasteiger partial charge in [0.25, 0.3) is 0 Å². The molecule has 0 radical (unpaired) electrons. The number of nitrogens with zero attached hydrogens (tertiary/aromatic N) is 4. The summed E-state index contributed by atoms with van der Waals surface area (Å²) in [6.07, 6.45) is 3.56. The number of benzene rings is 1. The number of aromatic carboxylic acids is 1. The second kappa shape index (κ2) is 9.31. The van der Waals surface area contributed by atoms with E-state index >= 15 is 0 Å². The van der Waals surface area contributed by atoms with E-state index in [4.69, 9.17) is 12.2 Å². The molecule has 3 aromatic heterocycles. The third kappa shape index (κ3) is 4.17. The Morgan fingerprint density at radius 2 is 1.74 bits per heavy atom. The summed E-state index contributed by atoms with van der Waals surface area (Å²) in [5.74, 6) is -0.957. The molecule has 1 aliphatic heterocycles. The normalized spacial score (nSPS) is 17.4. The van der Waals surface area contributed by atoms with Crippen molar-refractivity contribution < 1.29 is 9.90 Å². The molecule has 2 N–H and O–H groups in total. The first-order valence-electron chi connectivity index (χ1n) is 11.3. The fourth-order valence-electron chi connectivity index (χ4n) is 4.89. The Hall–Kier alpha value is -4.04. The molecule has 0 bridgehead atoms. The van der Waals surface area contributed by atoms with Gasteiger partial charge in [-0.05, 0) is 74.1 Å². The highest BCUT2D eigenvalue weighted by atomic mass is 32.1. The van der Waals surface area contributed by atoms with Crippen molar-refractivity contribution in [3.05, 3.63) is 113 Å². The molecule has 5 rings (SSSR count). The first-order chi connectivity index (χ1) is 17.0. The van der Waals surface area contributed by atoms with E-state index in [1.807, 2.05) is 66.9 Å². The van der Waals surface area contributed by atoms with Gasteiger partial charge in [0, 0.05) is 23.8 Å². The first kappa shape index (κ1) is 22.7. The van der Waals surface area contributed by atoms with Crippen LogP contribution in [0.25, 0.3) is 5.69 Å². The lowest BCUT2D eigenvalue weighted by Gasteiger charge is -2.28. The second-order valence-electron chi connectivity index (χ2n) is 8.56. The highest BCUT2D eigenvalue weighted by Crippen LogP contribution is 2.42. The third-order valence-corrected chi connectivity index (χ3v) is 6.77. The summed E-state index contributed by atoms with van der Waals surface area (Å²) >= 11 is 5.80. The average Bonchev–Trinajstić information content (AvgIpc) is 3.35. The van der Waals surface area contributed by atoms with E-state index in [9.17, 15) is 9.90 Å². The summed E-state index contributed by atoms with van der Waals surface area (Å²) in [4.78, 5) is 23.2. The van der Waals surface area contributed by atoms with Crippen molar-refractivity contribution in [2.45, 2.75) is 32.5 Å². The molecule has 4 aromatic rings. The molecule has 2 atom stereocenters. The molecular formula is C27H25N5O2S. The minimum Gasteiger partial charge on any atom is -0.478 e. The number of carboxylic acid groups (broad SMARTS) is 1. The van der Waals surface area contributed by atoms with Crippen LogP contribution in [0.5, 0.6) is 0 Å². The molecule has 0 aliphatic carbocycles. The monoisotopic (exact) mass is 483 g/mol. The number of carboxylic acids is 1. The Labute approximate surface area is 209 Å². The SMILES string of the molecule is Cc1cc([C@@H]2[C@@H](c3ccccn3)NC(=S)N2Cc2ccccn2)c(C)n1-c1ccccc1C(=O)O. The van der Waals surface area contributed by atoms with Crippen molar-refractivity contribution in [3.8, 4) is 5.69 Å². The van der Waals surface area contributed by atoms with E-state index in [2.05, 4.69) is 26.3 Å². The van der Waals surface area contributed by atoms with Crippen LogP contribution in [0.4, 0.5) is 0 Å². The largest absolute Gasteiger partial charge is 0.478 e. The van der Waals surface area contributed by atoms with Gasteiger partial charge in [0.1, 0.15) is 0 Å². The van der Waals surface area contributed by atoms with Crippen LogP contribution >= 0.6 is 12.2 Å². The fraction of sp³-hybridized carbons (Fsp3) is 0.185. The molecule has 0 spiro atoms. The van der Waals surface area contributed by atoms with Crippen LogP contribution in [-0.2, 0) is 6.54 Å². The molecule has 176 valence electrons. The molecule has 7 nitrogen and oxygen atoms in total. The van der Waals surface area contributed by atoms with Gasteiger partial charge >= 0.3 is 5.97 Å². The zero-order chi connectivity index (χ0) is 24.5. The summed E-state index contributed by atoms with van der Waals surface area (Å²) in [7, 11) is 0. The topological polar surface area (TPSA) is 83.3 Å². The molecule has 0 saturated carbocycles. The summed E-state index contributed by atoms with van der Waals surface area (Å²) < 4.78 is 2.01. The molecule has 1 saturated heterocycles. The van der Waals surface area contributed by atoms with Gasteiger partial charge in [0.2, 0.25) is 0 Å². The van der Waals surface area contributed by atoms with Gasteiger partial charge in [-0.25, -0.2) is 4.79 Å². The lowest BCUT2D eigenvalue weighted by atomic mass is 9.96. The van der Waals surface area contributed by atoms with Crippen LogP contribution in [-0.4, -0.2) is 35.6 Å². The van der Waals surface area contributed by atoms with Crippen molar-refractivity contribution >= 4 is 23.3 Å². The maximum Gasteiger partial charge on any atom is 0.337 e. The summed E-state index contributed by atoms with van der Waals surface area (Å²) in [5, 5.41) is 13.9. The number of pyridine rings is 2. The van der Waals surface area contributed by atoms with Crippen LogP contribution < -0.4 is 5.32 Å². The molecule has 1 aromatic carbocycles. The van der Waals surface area contributed by atoms with Gasteiger partial charge in [-0.15, -0.1) is 0 Å². The highest BCUT2D eigenvalue weighted by Gasteiger charge is 2.41. The van der Waals surface area contributed by atoms with Crippen molar-refractivity contribution in [1.29, 1.82) is 0 Å². The first-order valence-corrected chi connectivity index (χ1v) is 11.8. The van der Waals surface area contributed by atoms with Crippen molar-refractivity contribution in [3.63, 3.8) is 0 Å². The molecular weight excluding hydrogens is 458 g/mol. The number of carbonyl (C=O) groups is 1. The maximum atomic E-state index is 12.0. The van der Waals surface area contributed by atoms with E-state index < -0.39 is 5.97 Å². The van der Waals surface area contributed by atoms with Crippen LogP contribution in [0.3, 0.4) is 0 Å². The van der Waals surface area contributed by atoms with Gasteiger partial charge in [0.15, 0.2) is 5.11 Å². The number of nitrogens with one attached hydrogen (secondary N) is 1. The number of rotatable bonds is 6. The van der Waals surface area contributed by atoms with Crippen molar-refractivity contribution in [1.82, 2.24) is 24.8 Å². The highest BCUT2D eigenvalue weighted by molar-refractivity contribution is 7.80. The number of hydrogen-bond donors (Lipinski definition) is 2. The number of aryl methyl sites for hydroxylation is 1. The Morgan fingerprint density at radius 1 is 1.03 bits per heavy atom. The van der Waals surface area contributed by atoms with Crippen LogP contribution in [0, 0.1) is 13.8 Å². The molecule has 4 heterocycles. The molecule has 35 heavy (non-hydrogen) atoms. The number of para-hydroxylation sites is 1. The van der Waals surface area contributed by atoms with Gasteiger partial charge in [-0.3, -0.25) is 9.97 Å². The Balaban J connectivity index is 1.65.